The second kappa shape index (κ2) is 6.15. The molecule has 1 nitrogen and oxygen atoms in total. The molecular weight excluding hydrogens is 337 g/mol. The first-order valence-corrected chi connectivity index (χ1v) is 7.60. The largest absolute Gasteiger partial charge is 0.306 e. The van der Waals surface area contributed by atoms with Gasteiger partial charge in [-0.3, -0.25) is 0 Å². The van der Waals surface area contributed by atoms with Crippen LogP contribution in [0.1, 0.15) is 23.4 Å². The molecule has 1 aromatic carbocycles. The Morgan fingerprint density at radius 1 is 1.44 bits per heavy atom. The van der Waals surface area contributed by atoms with E-state index in [1.54, 1.807) is 23.5 Å². The predicted octanol–water partition coefficient (Wildman–Crippen LogP) is 5.00. The lowest BCUT2D eigenvalue weighted by molar-refractivity contribution is 0.562. The molecule has 0 amide bonds. The van der Waals surface area contributed by atoms with Crippen molar-refractivity contribution in [3.05, 3.63) is 55.4 Å². The van der Waals surface area contributed by atoms with Crippen molar-refractivity contribution >= 4 is 38.9 Å². The Morgan fingerprint density at radius 2 is 2.22 bits per heavy atom. The lowest BCUT2D eigenvalue weighted by Crippen LogP contribution is -2.22. The summed E-state index contributed by atoms with van der Waals surface area (Å²) in [7, 11) is 0. The minimum Gasteiger partial charge on any atom is -0.306 e. The van der Waals surface area contributed by atoms with Gasteiger partial charge in [0.15, 0.2) is 0 Å². The normalized spacial score (nSPS) is 12.7. The van der Waals surface area contributed by atoms with Crippen LogP contribution in [0.5, 0.6) is 0 Å². The lowest BCUT2D eigenvalue weighted by atomic mass is 10.0. The number of halogens is 3. The second-order valence-electron chi connectivity index (χ2n) is 3.76. The van der Waals surface area contributed by atoms with Crippen LogP contribution >= 0.6 is 38.9 Å². The standard InChI is InChI=1S/C13H12BrClFNS/c1-2-17-12(13-8(14)6-7-18-13)11-9(15)4-3-5-10(11)16/h3-7,12,17H,2H2,1H3. The molecule has 2 aromatic rings. The summed E-state index contributed by atoms with van der Waals surface area (Å²) < 4.78 is 15.0. The number of hydrogen-bond donors (Lipinski definition) is 1. The summed E-state index contributed by atoms with van der Waals surface area (Å²) in [5.41, 5.74) is 0.504. The van der Waals surface area contributed by atoms with Crippen molar-refractivity contribution in [2.24, 2.45) is 0 Å². The van der Waals surface area contributed by atoms with Gasteiger partial charge in [0, 0.05) is 19.9 Å². The maximum atomic E-state index is 14.0. The third-order valence-corrected chi connectivity index (χ3v) is 4.87. The number of thiophene rings is 1. The highest BCUT2D eigenvalue weighted by Crippen LogP contribution is 2.37. The molecule has 2 rings (SSSR count). The highest BCUT2D eigenvalue weighted by Gasteiger charge is 2.22. The topological polar surface area (TPSA) is 12.0 Å². The Morgan fingerprint density at radius 3 is 2.78 bits per heavy atom. The van der Waals surface area contributed by atoms with Gasteiger partial charge >= 0.3 is 0 Å². The summed E-state index contributed by atoms with van der Waals surface area (Å²) in [6.07, 6.45) is 0. The van der Waals surface area contributed by atoms with Gasteiger partial charge in [-0.1, -0.05) is 24.6 Å². The van der Waals surface area contributed by atoms with Crippen LogP contribution in [0, 0.1) is 5.82 Å². The fraction of sp³-hybridized carbons (Fsp3) is 0.231. The van der Waals surface area contributed by atoms with Gasteiger partial charge in [0.25, 0.3) is 0 Å². The van der Waals surface area contributed by atoms with Gasteiger partial charge in [-0.15, -0.1) is 11.3 Å². The molecule has 0 aliphatic heterocycles. The van der Waals surface area contributed by atoms with Gasteiger partial charge in [-0.2, -0.15) is 0 Å². The van der Waals surface area contributed by atoms with Crippen molar-refractivity contribution in [1.29, 1.82) is 0 Å². The smallest absolute Gasteiger partial charge is 0.129 e. The predicted molar refractivity (Wildman–Crippen MR) is 78.9 cm³/mol. The molecule has 0 radical (unpaired) electrons. The minimum atomic E-state index is -0.284. The summed E-state index contributed by atoms with van der Waals surface area (Å²) in [6, 6.07) is 6.50. The number of benzene rings is 1. The van der Waals surface area contributed by atoms with Crippen molar-refractivity contribution in [1.82, 2.24) is 5.32 Å². The fourth-order valence-corrected chi connectivity index (χ4v) is 3.79. The molecule has 1 N–H and O–H groups in total. The Balaban J connectivity index is 2.52. The van der Waals surface area contributed by atoms with Crippen LogP contribution in [0.2, 0.25) is 5.02 Å². The van der Waals surface area contributed by atoms with Gasteiger partial charge in [-0.05, 0) is 46.1 Å². The number of nitrogens with one attached hydrogen (secondary N) is 1. The fourth-order valence-electron chi connectivity index (χ4n) is 1.83. The highest BCUT2D eigenvalue weighted by atomic mass is 79.9. The van der Waals surface area contributed by atoms with Crippen molar-refractivity contribution in [3.8, 4) is 0 Å². The van der Waals surface area contributed by atoms with E-state index in [0.29, 0.717) is 10.6 Å². The van der Waals surface area contributed by atoms with Crippen LogP contribution in [-0.2, 0) is 0 Å². The van der Waals surface area contributed by atoms with Crippen LogP contribution < -0.4 is 5.32 Å². The van der Waals surface area contributed by atoms with E-state index in [2.05, 4.69) is 21.2 Å². The van der Waals surface area contributed by atoms with Crippen molar-refractivity contribution in [2.45, 2.75) is 13.0 Å². The summed E-state index contributed by atoms with van der Waals surface area (Å²) >= 11 is 11.2. The average Bonchev–Trinajstić information content (AvgIpc) is 2.74. The summed E-state index contributed by atoms with van der Waals surface area (Å²) in [4.78, 5) is 1.03. The van der Waals surface area contributed by atoms with Crippen LogP contribution in [0.4, 0.5) is 4.39 Å². The molecule has 0 saturated carbocycles. The van der Waals surface area contributed by atoms with Gasteiger partial charge in [-0.25, -0.2) is 4.39 Å². The van der Waals surface area contributed by atoms with Gasteiger partial charge in [0.1, 0.15) is 5.82 Å². The van der Waals surface area contributed by atoms with E-state index in [0.717, 1.165) is 15.9 Å². The molecule has 0 spiro atoms. The summed E-state index contributed by atoms with van der Waals surface area (Å²) in [5.74, 6) is -0.284. The van der Waals surface area contributed by atoms with E-state index in [-0.39, 0.29) is 11.9 Å². The number of hydrogen-bond acceptors (Lipinski definition) is 2. The van der Waals surface area contributed by atoms with E-state index in [4.69, 9.17) is 11.6 Å². The molecule has 0 bridgehead atoms. The third kappa shape index (κ3) is 2.77. The molecule has 0 saturated heterocycles. The molecule has 0 aliphatic rings. The first-order chi connectivity index (χ1) is 8.65. The SMILES string of the molecule is CCNC(c1sccc1Br)c1c(F)cccc1Cl. The second-order valence-corrected chi connectivity index (χ2v) is 5.97. The minimum absolute atomic E-state index is 0.224. The molecular formula is C13H12BrClFNS. The Kier molecular flexibility index (Phi) is 4.78. The lowest BCUT2D eigenvalue weighted by Gasteiger charge is -2.19. The third-order valence-electron chi connectivity index (χ3n) is 2.60. The van der Waals surface area contributed by atoms with Crippen LogP contribution in [0.15, 0.2) is 34.1 Å². The van der Waals surface area contributed by atoms with Crippen LogP contribution in [0.3, 0.4) is 0 Å². The molecule has 1 heterocycles. The summed E-state index contributed by atoms with van der Waals surface area (Å²) in [5, 5.41) is 5.70. The zero-order chi connectivity index (χ0) is 13.1. The molecule has 96 valence electrons. The van der Waals surface area contributed by atoms with Crippen LogP contribution in [-0.4, -0.2) is 6.54 Å². The molecule has 0 aliphatic carbocycles. The molecule has 5 heteroatoms. The highest BCUT2D eigenvalue weighted by molar-refractivity contribution is 9.10. The average molecular weight is 349 g/mol. The first kappa shape index (κ1) is 14.0. The Labute approximate surface area is 123 Å². The molecule has 0 fully saturated rings. The van der Waals surface area contributed by atoms with E-state index >= 15 is 0 Å². The van der Waals surface area contributed by atoms with E-state index < -0.39 is 0 Å². The quantitative estimate of drug-likeness (QED) is 0.819. The first-order valence-electron chi connectivity index (χ1n) is 5.55. The van der Waals surface area contributed by atoms with E-state index in [9.17, 15) is 4.39 Å². The maximum Gasteiger partial charge on any atom is 0.129 e. The molecule has 1 atom stereocenters. The monoisotopic (exact) mass is 347 g/mol. The van der Waals surface area contributed by atoms with Crippen molar-refractivity contribution in [2.75, 3.05) is 6.54 Å². The zero-order valence-electron chi connectivity index (χ0n) is 9.71. The maximum absolute atomic E-state index is 14.0. The van der Waals surface area contributed by atoms with Gasteiger partial charge < -0.3 is 5.32 Å². The zero-order valence-corrected chi connectivity index (χ0v) is 12.9. The van der Waals surface area contributed by atoms with Gasteiger partial charge in [0.05, 0.1) is 6.04 Å². The number of rotatable bonds is 4. The molecule has 1 aromatic heterocycles. The van der Waals surface area contributed by atoms with E-state index in [1.807, 2.05) is 18.4 Å². The van der Waals surface area contributed by atoms with Crippen LogP contribution in [0.25, 0.3) is 0 Å². The Hall–Kier alpha value is -0.420. The van der Waals surface area contributed by atoms with Crippen molar-refractivity contribution < 1.29 is 4.39 Å². The van der Waals surface area contributed by atoms with Crippen molar-refractivity contribution in [3.63, 3.8) is 0 Å². The van der Waals surface area contributed by atoms with E-state index in [1.165, 1.54) is 6.07 Å². The Bertz CT molecular complexity index is 523. The van der Waals surface area contributed by atoms with Gasteiger partial charge in [0.2, 0.25) is 0 Å². The summed E-state index contributed by atoms with van der Waals surface area (Å²) in [6.45, 7) is 2.73. The molecule has 18 heavy (non-hydrogen) atoms. The molecule has 1 unspecified atom stereocenters.